The summed E-state index contributed by atoms with van der Waals surface area (Å²) >= 11 is 6.48. The minimum Gasteiger partial charge on any atom is -0.393 e. The Morgan fingerprint density at radius 1 is 1.27 bits per heavy atom. The molecule has 1 aromatic heterocycles. The molecule has 0 saturated carbocycles. The van der Waals surface area contributed by atoms with Crippen LogP contribution >= 0.6 is 11.6 Å². The van der Waals surface area contributed by atoms with Crippen LogP contribution in [0.3, 0.4) is 0 Å². The van der Waals surface area contributed by atoms with Crippen molar-refractivity contribution in [2.75, 3.05) is 13.1 Å². The lowest BCUT2D eigenvalue weighted by atomic mass is 10.1. The van der Waals surface area contributed by atoms with Gasteiger partial charge in [0.05, 0.1) is 17.5 Å². The fraction of sp³-hybridized carbons (Fsp3) is 0.438. The molecule has 0 unspecified atom stereocenters. The topological polar surface area (TPSA) is 41.3 Å². The molecule has 118 valence electrons. The van der Waals surface area contributed by atoms with Crippen LogP contribution in [0.15, 0.2) is 24.3 Å². The Hall–Kier alpha value is -1.43. The van der Waals surface area contributed by atoms with Crippen LogP contribution in [0.5, 0.6) is 0 Å². The number of nitrogens with zero attached hydrogens (tertiary/aromatic N) is 3. The Morgan fingerprint density at radius 2 is 1.91 bits per heavy atom. The smallest absolute Gasteiger partial charge is 0.137 e. The summed E-state index contributed by atoms with van der Waals surface area (Å²) in [5.74, 6) is -0.282. The molecule has 1 N–H and O–H groups in total. The van der Waals surface area contributed by atoms with Gasteiger partial charge in [-0.25, -0.2) is 9.07 Å². The Kier molecular flexibility index (Phi) is 4.47. The fourth-order valence-electron chi connectivity index (χ4n) is 2.77. The van der Waals surface area contributed by atoms with E-state index in [-0.39, 0.29) is 11.9 Å². The number of likely N-dealkylation sites (tertiary alicyclic amines) is 1. The van der Waals surface area contributed by atoms with Crippen molar-refractivity contribution in [3.05, 3.63) is 46.5 Å². The maximum Gasteiger partial charge on any atom is 0.137 e. The van der Waals surface area contributed by atoms with E-state index in [1.807, 2.05) is 6.92 Å². The zero-order chi connectivity index (χ0) is 15.7. The molecule has 1 saturated heterocycles. The van der Waals surface area contributed by atoms with E-state index in [2.05, 4.69) is 10.00 Å². The molecule has 0 amide bonds. The summed E-state index contributed by atoms with van der Waals surface area (Å²) < 4.78 is 14.7. The van der Waals surface area contributed by atoms with Crippen molar-refractivity contribution in [1.82, 2.24) is 14.7 Å². The van der Waals surface area contributed by atoms with Gasteiger partial charge in [-0.1, -0.05) is 11.6 Å². The highest BCUT2D eigenvalue weighted by molar-refractivity contribution is 6.30. The SMILES string of the molecule is Cc1nn(-c2ccc(F)cc2)c(Cl)c1CN1CCC(O)CC1. The molecule has 3 rings (SSSR count). The third kappa shape index (κ3) is 3.16. The molecule has 1 aliphatic heterocycles. The molecule has 0 atom stereocenters. The standard InChI is InChI=1S/C16H19ClFN3O/c1-11-15(10-20-8-6-14(22)7-9-20)16(17)21(19-11)13-4-2-12(18)3-5-13/h2-5,14,22H,6-10H2,1H3. The van der Waals surface area contributed by atoms with Gasteiger partial charge in [0.2, 0.25) is 0 Å². The number of hydrogen-bond donors (Lipinski definition) is 1. The molecule has 2 aromatic rings. The van der Waals surface area contributed by atoms with Gasteiger partial charge in [-0.15, -0.1) is 0 Å². The van der Waals surface area contributed by atoms with Gasteiger partial charge in [0.25, 0.3) is 0 Å². The normalized spacial score (nSPS) is 17.1. The van der Waals surface area contributed by atoms with Gasteiger partial charge in [0.15, 0.2) is 0 Å². The Labute approximate surface area is 134 Å². The predicted octanol–water partition coefficient (Wildman–Crippen LogP) is 2.93. The van der Waals surface area contributed by atoms with Crippen molar-refractivity contribution in [1.29, 1.82) is 0 Å². The number of benzene rings is 1. The molecule has 0 radical (unpaired) electrons. The lowest BCUT2D eigenvalue weighted by Crippen LogP contribution is -2.35. The van der Waals surface area contributed by atoms with Crippen LogP contribution in [0.1, 0.15) is 24.1 Å². The number of hydrogen-bond acceptors (Lipinski definition) is 3. The van der Waals surface area contributed by atoms with E-state index in [9.17, 15) is 9.50 Å². The Morgan fingerprint density at radius 3 is 2.55 bits per heavy atom. The van der Waals surface area contributed by atoms with E-state index < -0.39 is 0 Å². The molecule has 1 aromatic carbocycles. The van der Waals surface area contributed by atoms with E-state index in [0.29, 0.717) is 5.15 Å². The second-order valence-electron chi connectivity index (χ2n) is 5.75. The van der Waals surface area contributed by atoms with E-state index in [1.165, 1.54) is 12.1 Å². The van der Waals surface area contributed by atoms with Crippen LogP contribution in [-0.4, -0.2) is 39.0 Å². The Balaban J connectivity index is 1.82. The van der Waals surface area contributed by atoms with Crippen LogP contribution in [-0.2, 0) is 6.54 Å². The Bertz CT molecular complexity index is 648. The van der Waals surface area contributed by atoms with Crippen LogP contribution in [0.25, 0.3) is 5.69 Å². The van der Waals surface area contributed by atoms with Crippen molar-refractivity contribution >= 4 is 11.6 Å². The quantitative estimate of drug-likeness (QED) is 0.944. The molecule has 0 spiro atoms. The summed E-state index contributed by atoms with van der Waals surface area (Å²) in [7, 11) is 0. The average Bonchev–Trinajstić information content (AvgIpc) is 2.78. The summed E-state index contributed by atoms with van der Waals surface area (Å²) in [6, 6.07) is 6.12. The minimum atomic E-state index is -0.282. The zero-order valence-electron chi connectivity index (χ0n) is 12.5. The molecular weight excluding hydrogens is 305 g/mol. The van der Waals surface area contributed by atoms with Gasteiger partial charge in [0, 0.05) is 25.2 Å². The van der Waals surface area contributed by atoms with Crippen molar-refractivity contribution in [2.24, 2.45) is 0 Å². The number of rotatable bonds is 3. The van der Waals surface area contributed by atoms with Crippen molar-refractivity contribution < 1.29 is 9.50 Å². The number of aromatic nitrogens is 2. The van der Waals surface area contributed by atoms with E-state index in [1.54, 1.807) is 16.8 Å². The van der Waals surface area contributed by atoms with Crippen molar-refractivity contribution in [3.63, 3.8) is 0 Å². The first-order chi connectivity index (χ1) is 10.5. The first-order valence-corrected chi connectivity index (χ1v) is 7.83. The minimum absolute atomic E-state index is 0.185. The predicted molar refractivity (Wildman–Crippen MR) is 83.8 cm³/mol. The van der Waals surface area contributed by atoms with Crippen molar-refractivity contribution in [3.8, 4) is 5.69 Å². The van der Waals surface area contributed by atoms with Gasteiger partial charge in [-0.05, 0) is 44.0 Å². The van der Waals surface area contributed by atoms with Crippen LogP contribution < -0.4 is 0 Å². The number of piperidine rings is 1. The maximum atomic E-state index is 13.0. The first-order valence-electron chi connectivity index (χ1n) is 7.45. The number of halogens is 2. The largest absolute Gasteiger partial charge is 0.393 e. The first kappa shape index (κ1) is 15.5. The highest BCUT2D eigenvalue weighted by Gasteiger charge is 2.21. The molecule has 2 heterocycles. The number of aliphatic hydroxyl groups is 1. The molecule has 22 heavy (non-hydrogen) atoms. The van der Waals surface area contributed by atoms with Crippen molar-refractivity contribution in [2.45, 2.75) is 32.4 Å². The van der Waals surface area contributed by atoms with Gasteiger partial charge < -0.3 is 5.11 Å². The van der Waals surface area contributed by atoms with Gasteiger partial charge in [0.1, 0.15) is 11.0 Å². The summed E-state index contributed by atoms with van der Waals surface area (Å²) in [5, 5.41) is 14.6. The van der Waals surface area contributed by atoms with E-state index >= 15 is 0 Å². The van der Waals surface area contributed by atoms with E-state index in [0.717, 1.165) is 49.4 Å². The second kappa shape index (κ2) is 6.36. The highest BCUT2D eigenvalue weighted by atomic mass is 35.5. The summed E-state index contributed by atoms with van der Waals surface area (Å²) in [6.45, 7) is 4.37. The number of aliphatic hydroxyl groups excluding tert-OH is 1. The molecule has 0 aliphatic carbocycles. The third-order valence-corrected chi connectivity index (χ3v) is 4.52. The van der Waals surface area contributed by atoms with Gasteiger partial charge in [-0.2, -0.15) is 5.10 Å². The summed E-state index contributed by atoms with van der Waals surface area (Å²) in [5.41, 5.74) is 2.61. The highest BCUT2D eigenvalue weighted by Crippen LogP contribution is 2.26. The maximum absolute atomic E-state index is 13.0. The monoisotopic (exact) mass is 323 g/mol. The van der Waals surface area contributed by atoms with E-state index in [4.69, 9.17) is 11.6 Å². The van der Waals surface area contributed by atoms with Crippen LogP contribution in [0.2, 0.25) is 5.15 Å². The lowest BCUT2D eigenvalue weighted by molar-refractivity contribution is 0.0792. The van der Waals surface area contributed by atoms with Gasteiger partial charge in [-0.3, -0.25) is 4.90 Å². The van der Waals surface area contributed by atoms with Gasteiger partial charge >= 0.3 is 0 Å². The number of aryl methyl sites for hydroxylation is 1. The molecule has 1 aliphatic rings. The molecule has 1 fully saturated rings. The second-order valence-corrected chi connectivity index (χ2v) is 6.11. The summed E-state index contributed by atoms with van der Waals surface area (Å²) in [6.07, 6.45) is 1.40. The lowest BCUT2D eigenvalue weighted by Gasteiger charge is -2.29. The average molecular weight is 324 g/mol. The van der Waals surface area contributed by atoms with Crippen LogP contribution in [0, 0.1) is 12.7 Å². The summed E-state index contributed by atoms with van der Waals surface area (Å²) in [4.78, 5) is 2.28. The fourth-order valence-corrected chi connectivity index (χ4v) is 3.10. The molecule has 6 heteroatoms. The molecular formula is C16H19ClFN3O. The molecule has 4 nitrogen and oxygen atoms in total. The zero-order valence-corrected chi connectivity index (χ0v) is 13.2. The molecule has 0 bridgehead atoms. The van der Waals surface area contributed by atoms with Crippen LogP contribution in [0.4, 0.5) is 4.39 Å². The third-order valence-electron chi connectivity index (χ3n) is 4.13.